The summed E-state index contributed by atoms with van der Waals surface area (Å²) in [4.78, 5) is 55.9. The Morgan fingerprint density at radius 1 is 0.500 bits per heavy atom. The highest BCUT2D eigenvalue weighted by Crippen LogP contribution is 2.44. The van der Waals surface area contributed by atoms with Gasteiger partial charge in [0.25, 0.3) is 5.69 Å². The van der Waals surface area contributed by atoms with Crippen molar-refractivity contribution < 1.29 is 19.8 Å². The minimum Gasteiger partial charge on any atom is -0.355 e. The fourth-order valence-electron chi connectivity index (χ4n) is 8.27. The maximum atomic E-state index is 13.1. The van der Waals surface area contributed by atoms with Gasteiger partial charge >= 0.3 is 11.4 Å². The third-order valence-corrected chi connectivity index (χ3v) is 10.2. The normalized spacial score (nSPS) is 12.9. The molecule has 2 N–H and O–H groups in total. The summed E-state index contributed by atoms with van der Waals surface area (Å²) in [5.74, 6) is 0. The van der Waals surface area contributed by atoms with E-state index in [4.69, 9.17) is 0 Å². The van der Waals surface area contributed by atoms with Crippen molar-refractivity contribution in [3.63, 3.8) is 0 Å². The topological polar surface area (TPSA) is 214 Å². The molecule has 4 aromatic heterocycles. The van der Waals surface area contributed by atoms with Gasteiger partial charge in [-0.25, -0.2) is 10.1 Å². The first kappa shape index (κ1) is 37.5. The molecule has 52 heavy (non-hydrogen) atoms. The average Bonchev–Trinajstić information content (AvgIpc) is 3.88. The molecule has 0 aromatic carbocycles. The van der Waals surface area contributed by atoms with Crippen molar-refractivity contribution in [1.29, 1.82) is 0 Å². The summed E-state index contributed by atoms with van der Waals surface area (Å²) in [6.07, 6.45) is 2.47. The monoisotopic (exact) mass is 716 g/mol. The predicted octanol–water partition coefficient (Wildman–Crippen LogP) is 5.17. The van der Waals surface area contributed by atoms with E-state index in [9.17, 15) is 40.5 Å². The highest BCUT2D eigenvalue weighted by molar-refractivity contribution is 5.85. The van der Waals surface area contributed by atoms with Crippen molar-refractivity contribution in [1.82, 2.24) is 19.2 Å². The fourth-order valence-corrected chi connectivity index (χ4v) is 8.27. The summed E-state index contributed by atoms with van der Waals surface area (Å²) in [6, 6.07) is 3.52. The van der Waals surface area contributed by atoms with E-state index < -0.39 is 42.6 Å². The minimum atomic E-state index is -1.11. The molecule has 5 heterocycles. The molecular weight excluding hydrogens is 672 g/mol. The van der Waals surface area contributed by atoms with Gasteiger partial charge in [-0.1, -0.05) is 48.5 Å². The molecule has 0 radical (unpaired) electrons. The fraction of sp³-hybridized carbons (Fsp3) is 0.444. The molecule has 0 atom stereocenters. The van der Waals surface area contributed by atoms with Crippen molar-refractivity contribution in [3.05, 3.63) is 113 Å². The number of nitrogens with one attached hydrogen (secondary N) is 2. The zero-order chi connectivity index (χ0) is 38.3. The number of H-pyrrole nitrogens is 2. The van der Waals surface area contributed by atoms with E-state index in [-0.39, 0.29) is 41.4 Å². The summed E-state index contributed by atoms with van der Waals surface area (Å²) in [5, 5.41) is 52.2. The lowest BCUT2D eigenvalue weighted by atomic mass is 9.96. The van der Waals surface area contributed by atoms with Gasteiger partial charge in [0, 0.05) is 39.8 Å². The lowest BCUT2D eigenvalue weighted by Gasteiger charge is -2.16. The maximum Gasteiger partial charge on any atom is 0.378 e. The number of nitrogens with zero attached hydrogens (tertiary/aromatic N) is 6. The van der Waals surface area contributed by atoms with Gasteiger partial charge in [0.15, 0.2) is 5.03 Å². The first-order valence-electron chi connectivity index (χ1n) is 17.8. The number of aromatic amines is 2. The van der Waals surface area contributed by atoms with E-state index in [0.717, 1.165) is 33.7 Å². The Labute approximate surface area is 298 Å². The Morgan fingerprint density at radius 2 is 0.904 bits per heavy atom. The van der Waals surface area contributed by atoms with E-state index in [2.05, 4.69) is 35.3 Å². The second-order valence-corrected chi connectivity index (χ2v) is 12.5. The van der Waals surface area contributed by atoms with E-state index >= 15 is 0 Å². The molecule has 5 rings (SSSR count). The van der Waals surface area contributed by atoms with Crippen LogP contribution in [-0.4, -0.2) is 39.0 Å². The molecule has 276 valence electrons. The first-order valence-corrected chi connectivity index (χ1v) is 17.8. The molecule has 8 bridgehead atoms. The molecule has 16 nitrogen and oxygen atoms in total. The SMILES string of the molecule is CCC1=c2ccc([nH]2)=C(CC)c2c([N+](=O)[O-])c([N+](=O)[O-])c(n2[N+](=O)[O-])C(CC)=c2[nH]c(c(CC)c2[N+](=O)[O-])=C(CC)c2c(CC)c(CC)c1n2CC. The smallest absolute Gasteiger partial charge is 0.355 e. The number of hydrogen-bond donors (Lipinski definition) is 2. The lowest BCUT2D eigenvalue weighted by molar-refractivity contribution is -0.543. The molecule has 0 spiro atoms. The molecule has 0 saturated heterocycles. The van der Waals surface area contributed by atoms with Crippen LogP contribution < -0.4 is 21.4 Å². The first-order chi connectivity index (χ1) is 24.8. The molecule has 1 aliphatic heterocycles. The van der Waals surface area contributed by atoms with Crippen LogP contribution in [0.25, 0.3) is 22.3 Å². The van der Waals surface area contributed by atoms with Crippen LogP contribution in [0.15, 0.2) is 12.1 Å². The molecule has 0 amide bonds. The second-order valence-electron chi connectivity index (χ2n) is 12.5. The molecule has 1 aliphatic rings. The van der Waals surface area contributed by atoms with Gasteiger partial charge in [0.2, 0.25) is 11.4 Å². The molecule has 0 unspecified atom stereocenters. The third kappa shape index (κ3) is 5.43. The van der Waals surface area contributed by atoms with Crippen LogP contribution in [0.4, 0.5) is 17.1 Å². The number of fused-ring (bicyclic) bond motifs is 8. The molecule has 0 aliphatic carbocycles. The van der Waals surface area contributed by atoms with Gasteiger partial charge in [0.1, 0.15) is 5.35 Å². The van der Waals surface area contributed by atoms with Crippen LogP contribution in [0.1, 0.15) is 121 Å². The van der Waals surface area contributed by atoms with E-state index in [0.29, 0.717) is 58.5 Å². The van der Waals surface area contributed by atoms with Crippen LogP contribution in [0.5, 0.6) is 0 Å². The quantitative estimate of drug-likeness (QED) is 0.147. The Hall–Kier alpha value is -5.80. The number of rotatable bonds is 12. The Bertz CT molecular complexity index is 2420. The summed E-state index contributed by atoms with van der Waals surface area (Å²) in [5.41, 5.74) is 2.40. The van der Waals surface area contributed by atoms with Gasteiger partial charge in [-0.05, 0) is 91.0 Å². The predicted molar refractivity (Wildman–Crippen MR) is 196 cm³/mol. The third-order valence-electron chi connectivity index (χ3n) is 10.2. The zero-order valence-corrected chi connectivity index (χ0v) is 30.8. The maximum absolute atomic E-state index is 13.1. The summed E-state index contributed by atoms with van der Waals surface area (Å²) >= 11 is 0. The van der Waals surface area contributed by atoms with Crippen LogP contribution in [0.3, 0.4) is 0 Å². The molecule has 4 aromatic rings. The van der Waals surface area contributed by atoms with Gasteiger partial charge < -0.3 is 14.5 Å². The summed E-state index contributed by atoms with van der Waals surface area (Å²) < 4.78 is 2.64. The van der Waals surface area contributed by atoms with Gasteiger partial charge in [-0.15, -0.1) is 0 Å². The molecule has 16 heteroatoms. The number of hydrogen-bond acceptors (Lipinski definition) is 8. The molecule has 0 fully saturated rings. The molecule has 0 saturated carbocycles. The van der Waals surface area contributed by atoms with Crippen molar-refractivity contribution in [2.24, 2.45) is 0 Å². The van der Waals surface area contributed by atoms with Crippen molar-refractivity contribution in [2.45, 2.75) is 107 Å². The number of aromatic nitrogens is 4. The summed E-state index contributed by atoms with van der Waals surface area (Å²) in [6.45, 7) is 15.8. The second kappa shape index (κ2) is 14.4. The van der Waals surface area contributed by atoms with Gasteiger partial charge in [0.05, 0.1) is 25.7 Å². The Morgan fingerprint density at radius 3 is 1.29 bits per heavy atom. The largest absolute Gasteiger partial charge is 0.378 e. The van der Waals surface area contributed by atoms with Crippen molar-refractivity contribution in [3.8, 4) is 0 Å². The van der Waals surface area contributed by atoms with Crippen LogP contribution in [0.2, 0.25) is 0 Å². The summed E-state index contributed by atoms with van der Waals surface area (Å²) in [7, 11) is 0. The average molecular weight is 717 g/mol. The lowest BCUT2D eigenvalue weighted by Crippen LogP contribution is -2.24. The van der Waals surface area contributed by atoms with E-state index in [1.54, 1.807) is 26.8 Å². The van der Waals surface area contributed by atoms with E-state index in [1.165, 1.54) is 0 Å². The highest BCUT2D eigenvalue weighted by atomic mass is 16.7. The Kier molecular flexibility index (Phi) is 10.4. The van der Waals surface area contributed by atoms with E-state index in [1.807, 2.05) is 19.9 Å². The van der Waals surface area contributed by atoms with Crippen molar-refractivity contribution >= 4 is 39.4 Å². The van der Waals surface area contributed by atoms with Gasteiger partial charge in [-0.2, -0.15) is 0 Å². The van der Waals surface area contributed by atoms with Crippen LogP contribution in [0, 0.1) is 40.5 Å². The Balaban J connectivity index is 2.35. The van der Waals surface area contributed by atoms with Crippen molar-refractivity contribution in [2.75, 3.05) is 0 Å². The van der Waals surface area contributed by atoms with Gasteiger partial charge in [-0.3, -0.25) is 30.3 Å². The zero-order valence-electron chi connectivity index (χ0n) is 30.8. The highest BCUT2D eigenvalue weighted by Gasteiger charge is 2.47. The van der Waals surface area contributed by atoms with Crippen LogP contribution in [-0.2, 0) is 25.8 Å². The minimum absolute atomic E-state index is 0.0233. The standard InChI is InChI=1S/C36H44N8O8/c1-9-19-20(10-2)31-23(13-5)28-24(14-6)32(41(45)46)29(38-28)25(15-7)34-36(43(49)50)35(42(47)48)33(40(34)44(51)52)22(12-4)27-18-17-26(37-27)21(11-3)30(19)39(31)16-8/h17-18,37-38H,9-16H2,1-8H3. The van der Waals surface area contributed by atoms with Crippen LogP contribution >= 0.6 is 0 Å². The molecular formula is C36H44N8O8. The number of nitro groups is 4.